The van der Waals surface area contributed by atoms with Crippen molar-refractivity contribution >= 4 is 11.6 Å². The molecule has 3 nitrogen and oxygen atoms in total. The standard InChI is InChI=1S/C12H22ClN3/c1-12(2,5-6-13)10-14-7-4-11-15-8-9-16(11)3/h8-9,14H,4-7,10H2,1-3H3. The molecule has 0 aliphatic carbocycles. The maximum atomic E-state index is 5.76. The summed E-state index contributed by atoms with van der Waals surface area (Å²) in [4.78, 5) is 4.29. The molecular weight excluding hydrogens is 222 g/mol. The number of imidazole rings is 1. The van der Waals surface area contributed by atoms with Crippen LogP contribution in [0.5, 0.6) is 0 Å². The lowest BCUT2D eigenvalue weighted by Crippen LogP contribution is -2.31. The molecule has 0 bridgehead atoms. The van der Waals surface area contributed by atoms with Crippen LogP contribution in [0.1, 0.15) is 26.1 Å². The van der Waals surface area contributed by atoms with E-state index in [-0.39, 0.29) is 5.41 Å². The summed E-state index contributed by atoms with van der Waals surface area (Å²) in [6.45, 7) is 6.45. The number of nitrogens with one attached hydrogen (secondary N) is 1. The third kappa shape index (κ3) is 4.54. The minimum atomic E-state index is 0.281. The van der Waals surface area contributed by atoms with Gasteiger partial charge in [-0.3, -0.25) is 0 Å². The molecule has 4 heteroatoms. The molecular formula is C12H22ClN3. The van der Waals surface area contributed by atoms with E-state index >= 15 is 0 Å². The first-order valence-electron chi connectivity index (χ1n) is 5.78. The predicted molar refractivity (Wildman–Crippen MR) is 68.9 cm³/mol. The Morgan fingerprint density at radius 1 is 1.50 bits per heavy atom. The smallest absolute Gasteiger partial charge is 0.109 e. The van der Waals surface area contributed by atoms with E-state index < -0.39 is 0 Å². The normalized spacial score (nSPS) is 12.0. The first-order chi connectivity index (χ1) is 7.55. The SMILES string of the molecule is Cn1ccnc1CCNCC(C)(C)CCCl. The van der Waals surface area contributed by atoms with Crippen LogP contribution >= 0.6 is 11.6 Å². The summed E-state index contributed by atoms with van der Waals surface area (Å²) >= 11 is 5.76. The fourth-order valence-electron chi connectivity index (χ4n) is 1.61. The Bertz CT molecular complexity index is 307. The number of hydrogen-bond donors (Lipinski definition) is 1. The number of aromatic nitrogens is 2. The van der Waals surface area contributed by atoms with Gasteiger partial charge in [-0.05, 0) is 11.8 Å². The van der Waals surface area contributed by atoms with Crippen molar-refractivity contribution < 1.29 is 0 Å². The zero-order valence-corrected chi connectivity index (χ0v) is 11.2. The largest absolute Gasteiger partial charge is 0.338 e. The number of nitrogens with zero attached hydrogens (tertiary/aromatic N) is 2. The molecule has 1 rings (SSSR count). The van der Waals surface area contributed by atoms with Crippen molar-refractivity contribution in [2.45, 2.75) is 26.7 Å². The number of hydrogen-bond acceptors (Lipinski definition) is 2. The summed E-state index contributed by atoms with van der Waals surface area (Å²) in [5, 5.41) is 3.46. The summed E-state index contributed by atoms with van der Waals surface area (Å²) in [5.41, 5.74) is 0.281. The first-order valence-corrected chi connectivity index (χ1v) is 6.31. The quantitative estimate of drug-likeness (QED) is 0.588. The van der Waals surface area contributed by atoms with Crippen LogP contribution in [-0.2, 0) is 13.5 Å². The molecule has 0 aliphatic rings. The van der Waals surface area contributed by atoms with Crippen LogP contribution in [0.25, 0.3) is 0 Å². The summed E-state index contributed by atoms with van der Waals surface area (Å²) in [5.74, 6) is 1.86. The second-order valence-electron chi connectivity index (χ2n) is 4.98. The molecule has 16 heavy (non-hydrogen) atoms. The van der Waals surface area contributed by atoms with Gasteiger partial charge in [-0.2, -0.15) is 0 Å². The molecule has 0 spiro atoms. The van der Waals surface area contributed by atoms with E-state index in [1.807, 2.05) is 19.4 Å². The second-order valence-corrected chi connectivity index (χ2v) is 5.36. The van der Waals surface area contributed by atoms with E-state index in [0.717, 1.165) is 37.6 Å². The van der Waals surface area contributed by atoms with E-state index in [9.17, 15) is 0 Å². The highest BCUT2D eigenvalue weighted by atomic mass is 35.5. The molecule has 1 N–H and O–H groups in total. The van der Waals surface area contributed by atoms with Crippen molar-refractivity contribution in [3.8, 4) is 0 Å². The second kappa shape index (κ2) is 6.26. The van der Waals surface area contributed by atoms with Crippen molar-refractivity contribution in [2.24, 2.45) is 12.5 Å². The van der Waals surface area contributed by atoms with Crippen LogP contribution in [0.4, 0.5) is 0 Å². The molecule has 1 aromatic heterocycles. The molecule has 0 atom stereocenters. The average Bonchev–Trinajstić information content (AvgIpc) is 2.59. The molecule has 0 radical (unpaired) electrons. The molecule has 1 aromatic rings. The highest BCUT2D eigenvalue weighted by Gasteiger charge is 2.15. The van der Waals surface area contributed by atoms with Crippen LogP contribution in [-0.4, -0.2) is 28.5 Å². The van der Waals surface area contributed by atoms with Crippen molar-refractivity contribution in [1.29, 1.82) is 0 Å². The summed E-state index contributed by atoms with van der Waals surface area (Å²) < 4.78 is 2.06. The predicted octanol–water partition coefficient (Wildman–Crippen LogP) is 2.21. The van der Waals surface area contributed by atoms with Crippen LogP contribution in [0, 0.1) is 5.41 Å². The van der Waals surface area contributed by atoms with Crippen LogP contribution < -0.4 is 5.32 Å². The Morgan fingerprint density at radius 3 is 2.81 bits per heavy atom. The van der Waals surface area contributed by atoms with E-state index in [2.05, 4.69) is 28.7 Å². The molecule has 1 heterocycles. The van der Waals surface area contributed by atoms with Crippen LogP contribution in [0.15, 0.2) is 12.4 Å². The Morgan fingerprint density at radius 2 is 2.25 bits per heavy atom. The van der Waals surface area contributed by atoms with Gasteiger partial charge in [0, 0.05) is 44.8 Å². The van der Waals surface area contributed by atoms with Gasteiger partial charge >= 0.3 is 0 Å². The maximum absolute atomic E-state index is 5.76. The van der Waals surface area contributed by atoms with Crippen molar-refractivity contribution in [2.75, 3.05) is 19.0 Å². The lowest BCUT2D eigenvalue weighted by molar-refractivity contribution is 0.331. The van der Waals surface area contributed by atoms with Gasteiger partial charge in [0.25, 0.3) is 0 Å². The van der Waals surface area contributed by atoms with E-state index in [1.165, 1.54) is 0 Å². The number of alkyl halides is 1. The zero-order chi connectivity index (χ0) is 12.0. The van der Waals surface area contributed by atoms with E-state index in [1.54, 1.807) is 0 Å². The molecule has 0 unspecified atom stereocenters. The van der Waals surface area contributed by atoms with E-state index in [4.69, 9.17) is 11.6 Å². The number of rotatable bonds is 7. The van der Waals surface area contributed by atoms with Gasteiger partial charge < -0.3 is 9.88 Å². The summed E-state index contributed by atoms with van der Waals surface area (Å²) in [7, 11) is 2.03. The van der Waals surface area contributed by atoms with E-state index in [0.29, 0.717) is 0 Å². The molecule has 0 fully saturated rings. The van der Waals surface area contributed by atoms with Crippen LogP contribution in [0.2, 0.25) is 0 Å². The lowest BCUT2D eigenvalue weighted by atomic mass is 9.90. The lowest BCUT2D eigenvalue weighted by Gasteiger charge is -2.23. The third-order valence-electron chi connectivity index (χ3n) is 2.82. The van der Waals surface area contributed by atoms with Gasteiger partial charge in [0.1, 0.15) is 5.82 Å². The molecule has 0 saturated heterocycles. The molecule has 0 amide bonds. The van der Waals surface area contributed by atoms with Crippen molar-refractivity contribution in [3.63, 3.8) is 0 Å². The molecule has 92 valence electrons. The number of aryl methyl sites for hydroxylation is 1. The number of halogens is 1. The first kappa shape index (κ1) is 13.5. The van der Waals surface area contributed by atoms with Crippen LogP contribution in [0.3, 0.4) is 0 Å². The highest BCUT2D eigenvalue weighted by molar-refractivity contribution is 6.17. The van der Waals surface area contributed by atoms with Gasteiger partial charge in [0.15, 0.2) is 0 Å². The van der Waals surface area contributed by atoms with Crippen molar-refractivity contribution in [3.05, 3.63) is 18.2 Å². The fraction of sp³-hybridized carbons (Fsp3) is 0.750. The Balaban J connectivity index is 2.19. The topological polar surface area (TPSA) is 29.9 Å². The highest BCUT2D eigenvalue weighted by Crippen LogP contribution is 2.19. The minimum Gasteiger partial charge on any atom is -0.338 e. The zero-order valence-electron chi connectivity index (χ0n) is 10.5. The van der Waals surface area contributed by atoms with Gasteiger partial charge in [0.2, 0.25) is 0 Å². The Labute approximate surface area is 103 Å². The third-order valence-corrected chi connectivity index (χ3v) is 3.01. The van der Waals surface area contributed by atoms with Gasteiger partial charge in [0.05, 0.1) is 0 Å². The summed E-state index contributed by atoms with van der Waals surface area (Å²) in [6.07, 6.45) is 5.84. The fourth-order valence-corrected chi connectivity index (χ4v) is 2.12. The molecule has 0 aliphatic heterocycles. The molecule has 0 saturated carbocycles. The monoisotopic (exact) mass is 243 g/mol. The summed E-state index contributed by atoms with van der Waals surface area (Å²) in [6, 6.07) is 0. The van der Waals surface area contributed by atoms with Gasteiger partial charge in [-0.25, -0.2) is 4.98 Å². The Kier molecular flexibility index (Phi) is 5.29. The van der Waals surface area contributed by atoms with Gasteiger partial charge in [-0.1, -0.05) is 13.8 Å². The van der Waals surface area contributed by atoms with Crippen molar-refractivity contribution in [1.82, 2.24) is 14.9 Å². The van der Waals surface area contributed by atoms with Gasteiger partial charge in [-0.15, -0.1) is 11.6 Å². The molecule has 0 aromatic carbocycles. The maximum Gasteiger partial charge on any atom is 0.109 e. The Hall–Kier alpha value is -0.540. The average molecular weight is 244 g/mol. The minimum absolute atomic E-state index is 0.281.